The van der Waals surface area contributed by atoms with Crippen molar-refractivity contribution < 1.29 is 21.6 Å². The maximum atomic E-state index is 13.8. The van der Waals surface area contributed by atoms with Gasteiger partial charge in [-0.1, -0.05) is 11.6 Å². The van der Waals surface area contributed by atoms with Gasteiger partial charge in [0.2, 0.25) is 0 Å². The maximum absolute atomic E-state index is 13.8. The Morgan fingerprint density at radius 1 is 1.05 bits per heavy atom. The van der Waals surface area contributed by atoms with Crippen LogP contribution in [0.2, 0.25) is 5.02 Å². The van der Waals surface area contributed by atoms with Gasteiger partial charge in [0, 0.05) is 11.8 Å². The molecule has 112 valence electrons. The molecule has 2 aromatic rings. The number of anilines is 2. The van der Waals surface area contributed by atoms with Gasteiger partial charge in [-0.05, 0) is 24.3 Å². The van der Waals surface area contributed by atoms with Crippen LogP contribution in [0.25, 0.3) is 0 Å². The zero-order chi connectivity index (χ0) is 15.8. The van der Waals surface area contributed by atoms with Gasteiger partial charge >= 0.3 is 0 Å². The Kier molecular flexibility index (Phi) is 4.02. The molecular formula is C12H8ClF3N2O2S. The third-order valence-electron chi connectivity index (χ3n) is 2.48. The highest BCUT2D eigenvalue weighted by Crippen LogP contribution is 2.27. The number of sulfonamides is 1. The minimum Gasteiger partial charge on any atom is -0.399 e. The standard InChI is InChI=1S/C12H8ClF3N2O2S/c13-8-3-6(17)4-11(12(8)16)21(19,20)18-7-1-2-9(14)10(15)5-7/h1-5,18H,17H2. The lowest BCUT2D eigenvalue weighted by Gasteiger charge is -2.10. The molecular weight excluding hydrogens is 329 g/mol. The predicted octanol–water partition coefficient (Wildman–Crippen LogP) is 3.14. The molecule has 0 spiro atoms. The highest BCUT2D eigenvalue weighted by Gasteiger charge is 2.22. The molecule has 0 bridgehead atoms. The van der Waals surface area contributed by atoms with Crippen molar-refractivity contribution in [1.29, 1.82) is 0 Å². The average Bonchev–Trinajstić information content (AvgIpc) is 2.37. The van der Waals surface area contributed by atoms with Crippen molar-refractivity contribution in [3.05, 3.63) is 52.8 Å². The maximum Gasteiger partial charge on any atom is 0.264 e. The van der Waals surface area contributed by atoms with Crippen LogP contribution in [0.15, 0.2) is 35.2 Å². The second-order valence-electron chi connectivity index (χ2n) is 4.05. The number of nitrogen functional groups attached to an aromatic ring is 1. The number of hydrogen-bond acceptors (Lipinski definition) is 3. The van der Waals surface area contributed by atoms with Crippen molar-refractivity contribution in [2.45, 2.75) is 4.90 Å². The number of halogens is 4. The van der Waals surface area contributed by atoms with E-state index in [-0.39, 0.29) is 11.4 Å². The zero-order valence-corrected chi connectivity index (χ0v) is 11.8. The van der Waals surface area contributed by atoms with Gasteiger partial charge in [-0.25, -0.2) is 21.6 Å². The summed E-state index contributed by atoms with van der Waals surface area (Å²) < 4.78 is 65.6. The number of benzene rings is 2. The monoisotopic (exact) mass is 336 g/mol. The van der Waals surface area contributed by atoms with Gasteiger partial charge in [0.1, 0.15) is 4.90 Å². The Hall–Kier alpha value is -1.93. The molecule has 0 fully saturated rings. The van der Waals surface area contributed by atoms with Gasteiger partial charge in [0.05, 0.1) is 10.7 Å². The largest absolute Gasteiger partial charge is 0.399 e. The smallest absolute Gasteiger partial charge is 0.264 e. The van der Waals surface area contributed by atoms with Gasteiger partial charge in [0.25, 0.3) is 10.0 Å². The Labute approximate surface area is 123 Å². The fraction of sp³-hybridized carbons (Fsp3) is 0. The van der Waals surface area contributed by atoms with Crippen molar-refractivity contribution in [2.75, 3.05) is 10.5 Å². The Morgan fingerprint density at radius 3 is 2.33 bits per heavy atom. The summed E-state index contributed by atoms with van der Waals surface area (Å²) in [5, 5.41) is -0.472. The summed E-state index contributed by atoms with van der Waals surface area (Å²) in [4.78, 5) is -0.794. The van der Waals surface area contributed by atoms with Crippen molar-refractivity contribution >= 4 is 33.0 Å². The van der Waals surface area contributed by atoms with Crippen LogP contribution in [-0.4, -0.2) is 8.42 Å². The lowest BCUT2D eigenvalue weighted by atomic mass is 10.3. The molecule has 4 nitrogen and oxygen atoms in total. The van der Waals surface area contributed by atoms with Crippen LogP contribution in [0.5, 0.6) is 0 Å². The van der Waals surface area contributed by atoms with E-state index < -0.39 is 37.4 Å². The summed E-state index contributed by atoms with van der Waals surface area (Å²) in [7, 11) is -4.40. The Morgan fingerprint density at radius 2 is 1.71 bits per heavy atom. The molecule has 0 saturated carbocycles. The third-order valence-corrected chi connectivity index (χ3v) is 4.13. The molecule has 2 rings (SSSR count). The van der Waals surface area contributed by atoms with Gasteiger partial charge in [-0.15, -0.1) is 0 Å². The molecule has 0 unspecified atom stereocenters. The van der Waals surface area contributed by atoms with E-state index in [0.29, 0.717) is 6.07 Å². The molecule has 21 heavy (non-hydrogen) atoms. The lowest BCUT2D eigenvalue weighted by Crippen LogP contribution is -2.15. The molecule has 0 aliphatic heterocycles. The van der Waals surface area contributed by atoms with E-state index in [1.807, 2.05) is 4.72 Å². The number of nitrogens with one attached hydrogen (secondary N) is 1. The molecule has 9 heteroatoms. The number of nitrogens with two attached hydrogens (primary N) is 1. The molecule has 0 radical (unpaired) electrons. The Balaban J connectivity index is 2.45. The normalized spacial score (nSPS) is 11.4. The molecule has 0 aliphatic carbocycles. The first-order valence-electron chi connectivity index (χ1n) is 5.43. The van der Waals surface area contributed by atoms with Crippen molar-refractivity contribution in [1.82, 2.24) is 0 Å². The summed E-state index contributed by atoms with van der Waals surface area (Å²) in [6, 6.07) is 4.26. The van der Waals surface area contributed by atoms with Crippen LogP contribution in [0.3, 0.4) is 0 Å². The van der Waals surface area contributed by atoms with Gasteiger partial charge in [-0.2, -0.15) is 0 Å². The van der Waals surface area contributed by atoms with E-state index in [0.717, 1.165) is 24.3 Å². The fourth-order valence-corrected chi connectivity index (χ4v) is 3.02. The summed E-state index contributed by atoms with van der Waals surface area (Å²) in [5.41, 5.74) is 5.08. The molecule has 0 amide bonds. The summed E-state index contributed by atoms with van der Waals surface area (Å²) in [6.45, 7) is 0. The van der Waals surface area contributed by atoms with Crippen molar-refractivity contribution in [3.8, 4) is 0 Å². The first-order chi connectivity index (χ1) is 9.70. The average molecular weight is 337 g/mol. The molecule has 0 aromatic heterocycles. The molecule has 3 N–H and O–H groups in total. The minimum atomic E-state index is -4.40. The Bertz CT molecular complexity index is 812. The first kappa shape index (κ1) is 15.5. The second kappa shape index (κ2) is 5.45. The summed E-state index contributed by atoms with van der Waals surface area (Å²) in [6.07, 6.45) is 0. The number of rotatable bonds is 3. The van der Waals surface area contributed by atoms with E-state index in [1.165, 1.54) is 0 Å². The van der Waals surface area contributed by atoms with Crippen LogP contribution in [0, 0.1) is 17.5 Å². The first-order valence-corrected chi connectivity index (χ1v) is 7.29. The highest BCUT2D eigenvalue weighted by molar-refractivity contribution is 7.92. The fourth-order valence-electron chi connectivity index (χ4n) is 1.55. The quantitative estimate of drug-likeness (QED) is 0.846. The van der Waals surface area contributed by atoms with E-state index in [9.17, 15) is 21.6 Å². The zero-order valence-electron chi connectivity index (χ0n) is 10.2. The van der Waals surface area contributed by atoms with E-state index in [2.05, 4.69) is 0 Å². The van der Waals surface area contributed by atoms with E-state index in [4.69, 9.17) is 17.3 Å². The highest BCUT2D eigenvalue weighted by atomic mass is 35.5. The summed E-state index contributed by atoms with van der Waals surface area (Å²) in [5.74, 6) is -3.58. The molecule has 0 saturated heterocycles. The van der Waals surface area contributed by atoms with Crippen LogP contribution in [-0.2, 0) is 10.0 Å². The molecule has 0 heterocycles. The second-order valence-corrected chi connectivity index (χ2v) is 6.11. The minimum absolute atomic E-state index is 0.0629. The topological polar surface area (TPSA) is 72.2 Å². The van der Waals surface area contributed by atoms with E-state index in [1.54, 1.807) is 0 Å². The van der Waals surface area contributed by atoms with Gasteiger partial charge in [-0.3, -0.25) is 4.72 Å². The summed E-state index contributed by atoms with van der Waals surface area (Å²) >= 11 is 5.52. The predicted molar refractivity (Wildman–Crippen MR) is 73.0 cm³/mol. The van der Waals surface area contributed by atoms with Crippen LogP contribution in [0.4, 0.5) is 24.5 Å². The van der Waals surface area contributed by atoms with E-state index >= 15 is 0 Å². The van der Waals surface area contributed by atoms with Gasteiger partial charge in [0.15, 0.2) is 17.5 Å². The van der Waals surface area contributed by atoms with Crippen LogP contribution < -0.4 is 10.5 Å². The van der Waals surface area contributed by atoms with Crippen LogP contribution >= 0.6 is 11.6 Å². The third kappa shape index (κ3) is 3.22. The van der Waals surface area contributed by atoms with Crippen molar-refractivity contribution in [2.24, 2.45) is 0 Å². The molecule has 0 atom stereocenters. The SMILES string of the molecule is Nc1cc(Cl)c(F)c(S(=O)(=O)Nc2ccc(F)c(F)c2)c1. The van der Waals surface area contributed by atoms with Gasteiger partial charge < -0.3 is 5.73 Å². The molecule has 2 aromatic carbocycles. The molecule has 0 aliphatic rings. The van der Waals surface area contributed by atoms with Crippen molar-refractivity contribution in [3.63, 3.8) is 0 Å². The lowest BCUT2D eigenvalue weighted by molar-refractivity contribution is 0.509. The number of hydrogen-bond donors (Lipinski definition) is 2. The van der Waals surface area contributed by atoms with Crippen LogP contribution in [0.1, 0.15) is 0 Å².